The number of nitrogens with zero attached hydrogens (tertiary/aromatic N) is 1. The van der Waals surface area contributed by atoms with E-state index in [0.717, 1.165) is 13.0 Å². The smallest absolute Gasteiger partial charge is 0.0726 e. The Labute approximate surface area is 80.1 Å². The molecule has 74 valence electrons. The maximum absolute atomic E-state index is 8.54. The van der Waals surface area contributed by atoms with Gasteiger partial charge >= 0.3 is 0 Å². The zero-order valence-corrected chi connectivity index (χ0v) is 8.63. The Morgan fingerprint density at radius 3 is 2.92 bits per heavy atom. The van der Waals surface area contributed by atoms with Gasteiger partial charge in [0.1, 0.15) is 0 Å². The van der Waals surface area contributed by atoms with Crippen molar-refractivity contribution in [2.45, 2.75) is 51.3 Å². The zero-order chi connectivity index (χ0) is 9.90. The molecule has 3 heteroatoms. The van der Waals surface area contributed by atoms with Crippen LogP contribution in [0, 0.1) is 11.3 Å². The molecule has 1 N–H and O–H groups in total. The normalized spacial score (nSPS) is 35.7. The van der Waals surface area contributed by atoms with E-state index in [1.54, 1.807) is 0 Å². The molecule has 3 atom stereocenters. The van der Waals surface area contributed by atoms with Crippen molar-refractivity contribution in [3.8, 4) is 6.07 Å². The summed E-state index contributed by atoms with van der Waals surface area (Å²) in [4.78, 5) is 0. The zero-order valence-electron chi connectivity index (χ0n) is 8.63. The summed E-state index contributed by atoms with van der Waals surface area (Å²) < 4.78 is 5.50. The van der Waals surface area contributed by atoms with Crippen molar-refractivity contribution in [1.82, 2.24) is 5.32 Å². The molecule has 0 aromatic carbocycles. The van der Waals surface area contributed by atoms with Gasteiger partial charge < -0.3 is 10.1 Å². The van der Waals surface area contributed by atoms with Gasteiger partial charge in [-0.15, -0.1) is 0 Å². The first-order valence-electron chi connectivity index (χ1n) is 4.85. The minimum Gasteiger partial charge on any atom is -0.377 e. The molecular formula is C10H18N2O. The van der Waals surface area contributed by atoms with E-state index >= 15 is 0 Å². The molecule has 0 saturated carbocycles. The lowest BCUT2D eigenvalue weighted by molar-refractivity contribution is 0.0852. The van der Waals surface area contributed by atoms with Crippen molar-refractivity contribution in [2.24, 2.45) is 0 Å². The summed E-state index contributed by atoms with van der Waals surface area (Å²) in [5.41, 5.74) is 0.0519. The van der Waals surface area contributed by atoms with Crippen LogP contribution in [0.2, 0.25) is 0 Å². The molecule has 0 amide bonds. The summed E-state index contributed by atoms with van der Waals surface area (Å²) >= 11 is 0. The van der Waals surface area contributed by atoms with E-state index in [1.165, 1.54) is 0 Å². The molecule has 1 heterocycles. The Balaban J connectivity index is 2.47. The summed E-state index contributed by atoms with van der Waals surface area (Å²) in [6.07, 6.45) is 1.83. The largest absolute Gasteiger partial charge is 0.377 e. The molecule has 0 radical (unpaired) electrons. The van der Waals surface area contributed by atoms with Crippen LogP contribution in [0.5, 0.6) is 0 Å². The third kappa shape index (κ3) is 2.43. The summed E-state index contributed by atoms with van der Waals surface area (Å²) in [7, 11) is 0. The fraction of sp³-hybridized carbons (Fsp3) is 0.900. The lowest BCUT2D eigenvalue weighted by Crippen LogP contribution is -2.51. The van der Waals surface area contributed by atoms with Gasteiger partial charge in [0, 0.05) is 18.2 Å². The van der Waals surface area contributed by atoms with Crippen LogP contribution in [0.3, 0.4) is 0 Å². The molecule has 1 aliphatic rings. The maximum atomic E-state index is 8.54. The number of ether oxygens (including phenoxy) is 1. The molecule has 13 heavy (non-hydrogen) atoms. The molecule has 0 aliphatic carbocycles. The molecule has 1 aliphatic heterocycles. The van der Waals surface area contributed by atoms with Crippen molar-refractivity contribution in [3.63, 3.8) is 0 Å². The van der Waals surface area contributed by atoms with E-state index in [0.29, 0.717) is 6.42 Å². The van der Waals surface area contributed by atoms with Crippen LogP contribution in [-0.4, -0.2) is 24.3 Å². The fourth-order valence-corrected chi connectivity index (χ4v) is 1.78. The standard InChI is InChI=1S/C10H18N2O/c1-8(4-6-11)12-10(3)5-7-13-9(10)2/h8-9,12H,4-5,7H2,1-3H3. The van der Waals surface area contributed by atoms with Crippen LogP contribution in [0.4, 0.5) is 0 Å². The average Bonchev–Trinajstić information content (AvgIpc) is 2.32. The van der Waals surface area contributed by atoms with E-state index < -0.39 is 0 Å². The van der Waals surface area contributed by atoms with Crippen molar-refractivity contribution in [1.29, 1.82) is 5.26 Å². The summed E-state index contributed by atoms with van der Waals surface area (Å²) in [5.74, 6) is 0. The second-order valence-corrected chi connectivity index (χ2v) is 4.09. The fourth-order valence-electron chi connectivity index (χ4n) is 1.78. The Morgan fingerprint density at radius 2 is 2.46 bits per heavy atom. The lowest BCUT2D eigenvalue weighted by Gasteiger charge is -2.31. The van der Waals surface area contributed by atoms with Gasteiger partial charge in [-0.25, -0.2) is 0 Å². The first-order chi connectivity index (χ1) is 6.08. The summed E-state index contributed by atoms with van der Waals surface area (Å²) in [6.45, 7) is 7.11. The summed E-state index contributed by atoms with van der Waals surface area (Å²) in [6, 6.07) is 2.42. The predicted molar refractivity (Wildman–Crippen MR) is 51.3 cm³/mol. The van der Waals surface area contributed by atoms with Gasteiger partial charge in [0.25, 0.3) is 0 Å². The topological polar surface area (TPSA) is 45.0 Å². The minimum atomic E-state index is 0.0519. The van der Waals surface area contributed by atoms with E-state index in [9.17, 15) is 0 Å². The van der Waals surface area contributed by atoms with Gasteiger partial charge in [-0.2, -0.15) is 5.26 Å². The average molecular weight is 182 g/mol. The van der Waals surface area contributed by atoms with Gasteiger partial charge in [-0.3, -0.25) is 0 Å². The number of hydrogen-bond donors (Lipinski definition) is 1. The number of nitriles is 1. The van der Waals surface area contributed by atoms with Crippen LogP contribution in [0.15, 0.2) is 0 Å². The highest BCUT2D eigenvalue weighted by atomic mass is 16.5. The van der Waals surface area contributed by atoms with E-state index in [2.05, 4.69) is 25.2 Å². The SMILES string of the molecule is CC(CC#N)NC1(C)CCOC1C. The van der Waals surface area contributed by atoms with Crippen molar-refractivity contribution >= 4 is 0 Å². The third-order valence-corrected chi connectivity index (χ3v) is 2.86. The highest BCUT2D eigenvalue weighted by molar-refractivity contribution is 4.96. The molecule has 1 saturated heterocycles. The van der Waals surface area contributed by atoms with Gasteiger partial charge in [-0.05, 0) is 27.2 Å². The molecule has 3 unspecified atom stereocenters. The Morgan fingerprint density at radius 1 is 1.77 bits per heavy atom. The Hall–Kier alpha value is -0.590. The van der Waals surface area contributed by atoms with Crippen LogP contribution in [-0.2, 0) is 4.74 Å². The quantitative estimate of drug-likeness (QED) is 0.718. The van der Waals surface area contributed by atoms with Crippen LogP contribution >= 0.6 is 0 Å². The third-order valence-electron chi connectivity index (χ3n) is 2.86. The highest BCUT2D eigenvalue weighted by Gasteiger charge is 2.37. The number of nitrogens with one attached hydrogen (secondary N) is 1. The molecule has 1 fully saturated rings. The van der Waals surface area contributed by atoms with Crippen molar-refractivity contribution in [2.75, 3.05) is 6.61 Å². The minimum absolute atomic E-state index is 0.0519. The molecule has 0 aromatic heterocycles. The van der Waals surface area contributed by atoms with Crippen LogP contribution in [0.25, 0.3) is 0 Å². The maximum Gasteiger partial charge on any atom is 0.0726 e. The summed E-state index contributed by atoms with van der Waals surface area (Å²) in [5, 5.41) is 12.0. The lowest BCUT2D eigenvalue weighted by atomic mass is 9.93. The van der Waals surface area contributed by atoms with E-state index in [-0.39, 0.29) is 17.7 Å². The van der Waals surface area contributed by atoms with Gasteiger partial charge in [0.2, 0.25) is 0 Å². The molecule has 1 rings (SSSR count). The molecule has 0 spiro atoms. The Kier molecular flexibility index (Phi) is 3.29. The second kappa shape index (κ2) is 4.08. The first kappa shape index (κ1) is 10.5. The molecular weight excluding hydrogens is 164 g/mol. The van der Waals surface area contributed by atoms with Crippen LogP contribution in [0.1, 0.15) is 33.6 Å². The van der Waals surface area contributed by atoms with Gasteiger partial charge in [0.05, 0.1) is 18.6 Å². The molecule has 3 nitrogen and oxygen atoms in total. The molecule has 0 bridgehead atoms. The highest BCUT2D eigenvalue weighted by Crippen LogP contribution is 2.25. The monoisotopic (exact) mass is 182 g/mol. The van der Waals surface area contributed by atoms with Crippen molar-refractivity contribution in [3.05, 3.63) is 0 Å². The van der Waals surface area contributed by atoms with Gasteiger partial charge in [-0.1, -0.05) is 0 Å². The number of rotatable bonds is 3. The van der Waals surface area contributed by atoms with E-state index in [1.807, 2.05) is 6.92 Å². The van der Waals surface area contributed by atoms with Crippen LogP contribution < -0.4 is 5.32 Å². The first-order valence-corrected chi connectivity index (χ1v) is 4.85. The van der Waals surface area contributed by atoms with Crippen molar-refractivity contribution < 1.29 is 4.74 Å². The molecule has 0 aromatic rings. The number of hydrogen-bond acceptors (Lipinski definition) is 3. The second-order valence-electron chi connectivity index (χ2n) is 4.09. The van der Waals surface area contributed by atoms with E-state index in [4.69, 9.17) is 10.00 Å². The Bertz CT molecular complexity index is 211. The van der Waals surface area contributed by atoms with Gasteiger partial charge in [0.15, 0.2) is 0 Å². The predicted octanol–water partition coefficient (Wildman–Crippen LogP) is 1.45.